The molecule has 0 aliphatic carbocycles. The molecule has 3 N–H and O–H groups in total. The van der Waals surface area contributed by atoms with Gasteiger partial charge in [-0.05, 0) is 53.0 Å². The van der Waals surface area contributed by atoms with Crippen LogP contribution in [0.1, 0.15) is 37.3 Å². The number of allylic oxidation sites excluding steroid dienone is 2. The van der Waals surface area contributed by atoms with Crippen LogP contribution in [0.4, 0.5) is 8.78 Å². The summed E-state index contributed by atoms with van der Waals surface area (Å²) in [6.07, 6.45) is 1.01. The van der Waals surface area contributed by atoms with Gasteiger partial charge in [-0.25, -0.2) is 8.78 Å². The molecule has 2 rings (SSSR count). The first kappa shape index (κ1) is 22.5. The molecular weight excluding hydrogens is 378 g/mol. The zero-order chi connectivity index (χ0) is 21.4. The van der Waals surface area contributed by atoms with Crippen molar-refractivity contribution in [2.75, 3.05) is 0 Å². The summed E-state index contributed by atoms with van der Waals surface area (Å²) in [4.78, 5) is 10.6. The van der Waals surface area contributed by atoms with Gasteiger partial charge >= 0.3 is 5.97 Å². The molecule has 0 saturated heterocycles. The smallest absolute Gasteiger partial charge is 0.305 e. The molecule has 0 fully saturated rings. The Morgan fingerprint density at radius 2 is 1.45 bits per heavy atom. The molecule has 0 heterocycles. The molecule has 29 heavy (non-hydrogen) atoms. The third-order valence-corrected chi connectivity index (χ3v) is 4.41. The van der Waals surface area contributed by atoms with Crippen LogP contribution in [0, 0.1) is 11.6 Å². The Hall–Kier alpha value is -2.83. The van der Waals surface area contributed by atoms with E-state index in [2.05, 4.69) is 0 Å². The Morgan fingerprint density at radius 3 is 1.86 bits per heavy atom. The molecule has 154 valence electrons. The number of hydrogen-bond acceptors (Lipinski definition) is 3. The standard InChI is InChI=1S/C23H24F2O4/c1-2-15(7-12-20(26)13-21(27)14-22(28)29)23(16-3-8-18(24)9-4-16)17-5-10-19(25)11-6-17/h3-12,20-21,26-27H,2,13-14H2,1H3,(H,28,29)/b12-7+. The van der Waals surface area contributed by atoms with Gasteiger partial charge in [0.1, 0.15) is 11.6 Å². The third kappa shape index (κ3) is 6.93. The largest absolute Gasteiger partial charge is 0.481 e. The Labute approximate surface area is 168 Å². The summed E-state index contributed by atoms with van der Waals surface area (Å²) in [6, 6.07) is 11.9. The second-order valence-electron chi connectivity index (χ2n) is 6.68. The fraction of sp³-hybridized carbons (Fsp3) is 0.261. The van der Waals surface area contributed by atoms with Gasteiger partial charge in [0.15, 0.2) is 0 Å². The van der Waals surface area contributed by atoms with Crippen LogP contribution in [0.25, 0.3) is 5.57 Å². The maximum atomic E-state index is 13.4. The normalized spacial score (nSPS) is 13.3. The van der Waals surface area contributed by atoms with Gasteiger partial charge in [-0.2, -0.15) is 0 Å². The van der Waals surface area contributed by atoms with Crippen molar-refractivity contribution in [3.05, 3.63) is 89.0 Å². The van der Waals surface area contributed by atoms with Crippen LogP contribution < -0.4 is 0 Å². The lowest BCUT2D eigenvalue weighted by Crippen LogP contribution is -2.19. The Balaban J connectivity index is 2.39. The first-order chi connectivity index (χ1) is 13.8. The van der Waals surface area contributed by atoms with Crippen molar-refractivity contribution in [3.8, 4) is 0 Å². The minimum Gasteiger partial charge on any atom is -0.481 e. The molecule has 0 aromatic heterocycles. The molecule has 0 aliphatic rings. The summed E-state index contributed by atoms with van der Waals surface area (Å²) in [5, 5.41) is 28.5. The maximum absolute atomic E-state index is 13.4. The molecule has 0 saturated carbocycles. The number of rotatable bonds is 9. The van der Waals surface area contributed by atoms with Gasteiger partial charge in [-0.15, -0.1) is 0 Å². The highest BCUT2D eigenvalue weighted by Gasteiger charge is 2.14. The lowest BCUT2D eigenvalue weighted by molar-refractivity contribution is -0.139. The number of halogens is 2. The van der Waals surface area contributed by atoms with Gasteiger partial charge < -0.3 is 15.3 Å². The highest BCUT2D eigenvalue weighted by atomic mass is 19.1. The highest BCUT2D eigenvalue weighted by molar-refractivity contribution is 5.83. The van der Waals surface area contributed by atoms with E-state index in [1.54, 1.807) is 30.3 Å². The summed E-state index contributed by atoms with van der Waals surface area (Å²) in [7, 11) is 0. The van der Waals surface area contributed by atoms with Crippen LogP contribution in [-0.2, 0) is 4.79 Å². The van der Waals surface area contributed by atoms with Gasteiger partial charge in [0, 0.05) is 6.42 Å². The first-order valence-electron chi connectivity index (χ1n) is 9.31. The van der Waals surface area contributed by atoms with Crippen LogP contribution in [-0.4, -0.2) is 33.5 Å². The maximum Gasteiger partial charge on any atom is 0.305 e. The minimum absolute atomic E-state index is 0.109. The highest BCUT2D eigenvalue weighted by Crippen LogP contribution is 2.30. The molecule has 0 bridgehead atoms. The molecule has 0 radical (unpaired) electrons. The van der Waals surface area contributed by atoms with Crippen molar-refractivity contribution in [1.29, 1.82) is 0 Å². The number of carbonyl (C=O) groups is 1. The molecule has 0 aliphatic heterocycles. The molecule has 4 nitrogen and oxygen atoms in total. The van der Waals surface area contributed by atoms with Crippen molar-refractivity contribution in [2.24, 2.45) is 0 Å². The number of aliphatic hydroxyl groups is 2. The van der Waals surface area contributed by atoms with E-state index >= 15 is 0 Å². The lowest BCUT2D eigenvalue weighted by atomic mass is 9.91. The predicted molar refractivity (Wildman–Crippen MR) is 107 cm³/mol. The Bertz CT molecular complexity index is 823. The minimum atomic E-state index is -1.16. The number of aliphatic carboxylic acids is 1. The average Bonchev–Trinajstić information content (AvgIpc) is 2.66. The second kappa shape index (κ2) is 10.6. The molecule has 2 unspecified atom stereocenters. The van der Waals surface area contributed by atoms with Gasteiger partial charge in [0.2, 0.25) is 0 Å². The average molecular weight is 402 g/mol. The zero-order valence-corrected chi connectivity index (χ0v) is 16.1. The number of aliphatic hydroxyl groups excluding tert-OH is 2. The fourth-order valence-electron chi connectivity index (χ4n) is 3.02. The van der Waals surface area contributed by atoms with Crippen molar-refractivity contribution >= 4 is 11.5 Å². The number of benzene rings is 2. The van der Waals surface area contributed by atoms with Gasteiger partial charge in [-0.1, -0.05) is 43.3 Å². The van der Waals surface area contributed by atoms with Crippen molar-refractivity contribution in [3.63, 3.8) is 0 Å². The van der Waals surface area contributed by atoms with E-state index in [1.165, 1.54) is 30.3 Å². The fourth-order valence-corrected chi connectivity index (χ4v) is 3.02. The number of carboxylic acid groups (broad SMARTS) is 1. The molecule has 2 aromatic rings. The molecule has 2 aromatic carbocycles. The van der Waals surface area contributed by atoms with Crippen molar-refractivity contribution in [2.45, 2.75) is 38.4 Å². The molecule has 0 spiro atoms. The van der Waals surface area contributed by atoms with E-state index in [-0.39, 0.29) is 18.1 Å². The predicted octanol–water partition coefficient (Wildman–Crippen LogP) is 4.32. The molecule has 0 amide bonds. The Morgan fingerprint density at radius 1 is 0.966 bits per heavy atom. The molecule has 2 atom stereocenters. The van der Waals surface area contributed by atoms with Crippen LogP contribution in [0.15, 0.2) is 66.3 Å². The second-order valence-corrected chi connectivity index (χ2v) is 6.68. The lowest BCUT2D eigenvalue weighted by Gasteiger charge is -2.15. The summed E-state index contributed by atoms with van der Waals surface area (Å²) in [6.45, 7) is 1.92. The van der Waals surface area contributed by atoms with Gasteiger partial charge in [0.25, 0.3) is 0 Å². The first-order valence-corrected chi connectivity index (χ1v) is 9.31. The monoisotopic (exact) mass is 402 g/mol. The van der Waals surface area contributed by atoms with Gasteiger partial charge in [-0.3, -0.25) is 4.79 Å². The quantitative estimate of drug-likeness (QED) is 0.546. The summed E-state index contributed by atoms with van der Waals surface area (Å²) < 4.78 is 26.8. The summed E-state index contributed by atoms with van der Waals surface area (Å²) in [5.74, 6) is -1.88. The SMILES string of the molecule is CCC(/C=C/C(O)CC(O)CC(=O)O)=C(c1ccc(F)cc1)c1ccc(F)cc1. The molecule has 6 heteroatoms. The summed E-state index contributed by atoms with van der Waals surface area (Å²) in [5.41, 5.74) is 3.05. The van der Waals surface area contributed by atoms with E-state index in [0.717, 1.165) is 22.3 Å². The van der Waals surface area contributed by atoms with E-state index < -0.39 is 24.6 Å². The van der Waals surface area contributed by atoms with Gasteiger partial charge in [0.05, 0.1) is 18.6 Å². The van der Waals surface area contributed by atoms with Crippen molar-refractivity contribution in [1.82, 2.24) is 0 Å². The van der Waals surface area contributed by atoms with Crippen LogP contribution in [0.5, 0.6) is 0 Å². The van der Waals surface area contributed by atoms with E-state index in [9.17, 15) is 23.8 Å². The van der Waals surface area contributed by atoms with Crippen LogP contribution >= 0.6 is 0 Å². The van der Waals surface area contributed by atoms with E-state index in [1.807, 2.05) is 6.92 Å². The van der Waals surface area contributed by atoms with E-state index in [0.29, 0.717) is 6.42 Å². The zero-order valence-electron chi connectivity index (χ0n) is 16.1. The van der Waals surface area contributed by atoms with Crippen LogP contribution in [0.3, 0.4) is 0 Å². The number of hydrogen-bond donors (Lipinski definition) is 3. The molecular formula is C23H24F2O4. The summed E-state index contributed by atoms with van der Waals surface area (Å²) >= 11 is 0. The Kier molecular flexibility index (Phi) is 8.24. The van der Waals surface area contributed by atoms with Crippen molar-refractivity contribution < 1.29 is 28.9 Å². The number of carboxylic acids is 1. The third-order valence-electron chi connectivity index (χ3n) is 4.41. The van der Waals surface area contributed by atoms with Crippen LogP contribution in [0.2, 0.25) is 0 Å². The van der Waals surface area contributed by atoms with E-state index in [4.69, 9.17) is 5.11 Å². The topological polar surface area (TPSA) is 77.8 Å².